The number of carbonyl (C=O) groups excluding carboxylic acids is 2. The molecule has 0 aliphatic carbocycles. The van der Waals surface area contributed by atoms with E-state index in [1.807, 2.05) is 90.9 Å². The molecular formula is C41H54Cl2N4O8. The standard InChI is InChI=1S/C26H32Cl2N2O5.C15H22N2O3/c1-25(2,3)35-24(31)30-13-11-29(12-14-30)19-6-8-20(9-7-19)32-16-21-17-33-26(4,34-21)22-10-5-18(27)15-23(22)28;1-15(2,3)20-14(19)17-10-8-16(9-11-17)12-4-6-13(18)7-5-12/h5-10,15,21H,11-14,16-17H2,1-4H3;4-7,18H,8-11H2,1-3H3/t21?,26-;/m0./s1. The van der Waals surface area contributed by atoms with E-state index in [-0.39, 0.29) is 24.0 Å². The average Bonchev–Trinajstić information content (AvgIpc) is 3.51. The van der Waals surface area contributed by atoms with Gasteiger partial charge in [-0.05, 0) is 109 Å². The molecule has 3 heterocycles. The monoisotopic (exact) mass is 800 g/mol. The minimum Gasteiger partial charge on any atom is -0.508 e. The van der Waals surface area contributed by atoms with Crippen molar-refractivity contribution >= 4 is 46.8 Å². The summed E-state index contributed by atoms with van der Waals surface area (Å²) < 4.78 is 28.9. The van der Waals surface area contributed by atoms with Gasteiger partial charge < -0.3 is 48.4 Å². The van der Waals surface area contributed by atoms with Crippen molar-refractivity contribution in [2.24, 2.45) is 0 Å². The van der Waals surface area contributed by atoms with Crippen LogP contribution in [0.3, 0.4) is 0 Å². The number of rotatable bonds is 6. The molecule has 2 atom stereocenters. The van der Waals surface area contributed by atoms with Crippen molar-refractivity contribution in [2.75, 3.05) is 75.4 Å². The molecule has 12 nitrogen and oxygen atoms in total. The molecule has 2 amide bonds. The Morgan fingerprint density at radius 1 is 0.745 bits per heavy atom. The van der Waals surface area contributed by atoms with Gasteiger partial charge in [-0.2, -0.15) is 0 Å². The van der Waals surface area contributed by atoms with E-state index in [0.29, 0.717) is 49.4 Å². The molecular weight excluding hydrogens is 747 g/mol. The van der Waals surface area contributed by atoms with Crippen molar-refractivity contribution in [3.8, 4) is 11.5 Å². The lowest BCUT2D eigenvalue weighted by molar-refractivity contribution is -0.164. The van der Waals surface area contributed by atoms with E-state index < -0.39 is 17.0 Å². The van der Waals surface area contributed by atoms with Crippen LogP contribution in [0.5, 0.6) is 11.5 Å². The Balaban J connectivity index is 0.000000246. The lowest BCUT2D eigenvalue weighted by Gasteiger charge is -2.36. The summed E-state index contributed by atoms with van der Waals surface area (Å²) in [7, 11) is 0. The highest BCUT2D eigenvalue weighted by Crippen LogP contribution is 2.39. The Bertz CT molecular complexity index is 1730. The fraction of sp³-hybridized carbons (Fsp3) is 0.512. The largest absolute Gasteiger partial charge is 0.508 e. The third-order valence-corrected chi connectivity index (χ3v) is 9.62. The first-order chi connectivity index (χ1) is 25.9. The molecule has 0 spiro atoms. The Kier molecular flexibility index (Phi) is 13.6. The number of nitrogens with zero attached hydrogens (tertiary/aromatic N) is 4. The van der Waals surface area contributed by atoms with Gasteiger partial charge in [-0.3, -0.25) is 0 Å². The number of phenols is 1. The molecule has 1 N–H and O–H groups in total. The van der Waals surface area contributed by atoms with E-state index in [9.17, 15) is 14.7 Å². The zero-order chi connectivity index (χ0) is 40.0. The highest BCUT2D eigenvalue weighted by atomic mass is 35.5. The summed E-state index contributed by atoms with van der Waals surface area (Å²) in [5.74, 6) is 0.0742. The molecule has 0 bridgehead atoms. The molecule has 6 rings (SSSR count). The van der Waals surface area contributed by atoms with E-state index in [1.54, 1.807) is 34.1 Å². The van der Waals surface area contributed by atoms with Crippen molar-refractivity contribution in [2.45, 2.75) is 71.6 Å². The van der Waals surface area contributed by atoms with E-state index >= 15 is 0 Å². The van der Waals surface area contributed by atoms with E-state index in [1.165, 1.54) is 0 Å². The first-order valence-electron chi connectivity index (χ1n) is 18.6. The summed E-state index contributed by atoms with van der Waals surface area (Å²) in [6.45, 7) is 19.4. The molecule has 3 saturated heterocycles. The molecule has 0 saturated carbocycles. The molecule has 1 unspecified atom stereocenters. The Morgan fingerprint density at radius 3 is 1.67 bits per heavy atom. The van der Waals surface area contributed by atoms with Gasteiger partial charge in [0.05, 0.1) is 11.6 Å². The number of hydrogen-bond donors (Lipinski definition) is 1. The van der Waals surface area contributed by atoms with Crippen molar-refractivity contribution in [3.05, 3.63) is 82.3 Å². The number of piperazine rings is 2. The first-order valence-corrected chi connectivity index (χ1v) is 19.4. The van der Waals surface area contributed by atoms with Crippen LogP contribution in [0, 0.1) is 0 Å². The smallest absolute Gasteiger partial charge is 0.410 e. The summed E-state index contributed by atoms with van der Waals surface area (Å²) in [6.07, 6.45) is -0.733. The number of hydrogen-bond acceptors (Lipinski definition) is 10. The van der Waals surface area contributed by atoms with Gasteiger partial charge >= 0.3 is 12.2 Å². The minimum absolute atomic E-state index is 0.229. The van der Waals surface area contributed by atoms with Crippen LogP contribution in [-0.2, 0) is 24.7 Å². The predicted octanol–water partition coefficient (Wildman–Crippen LogP) is 8.17. The number of anilines is 2. The first kappa shape index (κ1) is 42.1. The summed E-state index contributed by atoms with van der Waals surface area (Å²) in [5, 5.41) is 10.4. The van der Waals surface area contributed by atoms with Gasteiger partial charge in [0.25, 0.3) is 0 Å². The Labute approximate surface area is 334 Å². The lowest BCUT2D eigenvalue weighted by Crippen LogP contribution is -2.50. The number of ether oxygens (including phenoxy) is 5. The van der Waals surface area contributed by atoms with Crippen LogP contribution in [0.1, 0.15) is 54.0 Å². The third kappa shape index (κ3) is 12.2. The molecule has 3 aliphatic heterocycles. The van der Waals surface area contributed by atoms with Crippen LogP contribution in [0.2, 0.25) is 10.0 Å². The van der Waals surface area contributed by atoms with Gasteiger partial charge in [0.2, 0.25) is 0 Å². The van der Waals surface area contributed by atoms with Gasteiger partial charge in [0.1, 0.15) is 35.4 Å². The van der Waals surface area contributed by atoms with Crippen molar-refractivity contribution in [1.29, 1.82) is 0 Å². The lowest BCUT2D eigenvalue weighted by atomic mass is 10.1. The van der Waals surface area contributed by atoms with Gasteiger partial charge in [-0.25, -0.2) is 9.59 Å². The van der Waals surface area contributed by atoms with Gasteiger partial charge in [0, 0.05) is 74.3 Å². The van der Waals surface area contributed by atoms with Crippen LogP contribution >= 0.6 is 23.2 Å². The van der Waals surface area contributed by atoms with Crippen LogP contribution in [0.15, 0.2) is 66.7 Å². The number of phenolic OH excluding ortho intramolecular Hbond substituents is 1. The summed E-state index contributed by atoms with van der Waals surface area (Å²) in [4.78, 5) is 32.2. The summed E-state index contributed by atoms with van der Waals surface area (Å²) in [5.41, 5.74) is 1.95. The van der Waals surface area contributed by atoms with Crippen LogP contribution < -0.4 is 14.5 Å². The zero-order valence-corrected chi connectivity index (χ0v) is 34.4. The van der Waals surface area contributed by atoms with Gasteiger partial charge in [-0.15, -0.1) is 0 Å². The van der Waals surface area contributed by atoms with Crippen LogP contribution in [0.25, 0.3) is 0 Å². The summed E-state index contributed by atoms with van der Waals surface area (Å²) in [6, 6.07) is 20.3. The highest BCUT2D eigenvalue weighted by Gasteiger charge is 2.40. The zero-order valence-electron chi connectivity index (χ0n) is 32.8. The van der Waals surface area contributed by atoms with E-state index in [0.717, 1.165) is 48.9 Å². The molecule has 3 aromatic carbocycles. The van der Waals surface area contributed by atoms with E-state index in [2.05, 4.69) is 9.80 Å². The normalized spacial score (nSPS) is 20.4. The maximum Gasteiger partial charge on any atom is 0.410 e. The highest BCUT2D eigenvalue weighted by molar-refractivity contribution is 6.35. The summed E-state index contributed by atoms with van der Waals surface area (Å²) >= 11 is 12.3. The fourth-order valence-electron chi connectivity index (χ4n) is 6.27. The van der Waals surface area contributed by atoms with Crippen molar-refractivity contribution in [3.63, 3.8) is 0 Å². The van der Waals surface area contributed by atoms with Crippen molar-refractivity contribution in [1.82, 2.24) is 9.80 Å². The van der Waals surface area contributed by atoms with Crippen molar-refractivity contribution < 1.29 is 38.4 Å². The number of carbonyl (C=O) groups is 2. The number of aromatic hydroxyl groups is 1. The van der Waals surface area contributed by atoms with Crippen LogP contribution in [-0.4, -0.2) is 110 Å². The molecule has 0 aromatic heterocycles. The number of benzene rings is 3. The minimum atomic E-state index is -0.943. The van der Waals surface area contributed by atoms with Crippen LogP contribution in [0.4, 0.5) is 21.0 Å². The molecule has 300 valence electrons. The molecule has 3 fully saturated rings. The average molecular weight is 802 g/mol. The quantitative estimate of drug-likeness (QED) is 0.262. The second-order valence-electron chi connectivity index (χ2n) is 15.9. The molecule has 3 aliphatic rings. The fourth-order valence-corrected chi connectivity index (χ4v) is 6.85. The topological polar surface area (TPSA) is 113 Å². The maximum atomic E-state index is 12.3. The Morgan fingerprint density at radius 2 is 1.22 bits per heavy atom. The second-order valence-corrected chi connectivity index (χ2v) is 16.7. The van der Waals surface area contributed by atoms with Gasteiger partial charge in [0.15, 0.2) is 5.79 Å². The molecule has 55 heavy (non-hydrogen) atoms. The van der Waals surface area contributed by atoms with E-state index in [4.69, 9.17) is 46.9 Å². The molecule has 0 radical (unpaired) electrons. The second kappa shape index (κ2) is 17.8. The molecule has 3 aromatic rings. The SMILES string of the molecule is CC(C)(C)OC(=O)N1CCN(c2ccc(O)cc2)CC1.CC(C)(C)OC(=O)N1CCN(c2ccc(OCC3CO[C@](C)(c4ccc(Cl)cc4Cl)O3)cc2)CC1. The molecule has 14 heteroatoms. The Hall–Kier alpha value is -4.10. The predicted molar refractivity (Wildman–Crippen MR) is 215 cm³/mol. The number of halogens is 2. The number of amides is 2. The third-order valence-electron chi connectivity index (χ3n) is 9.07. The maximum absolute atomic E-state index is 12.3. The van der Waals surface area contributed by atoms with Gasteiger partial charge in [-0.1, -0.05) is 29.3 Å².